The van der Waals surface area contributed by atoms with Crippen LogP contribution in [0, 0.1) is 0 Å². The van der Waals surface area contributed by atoms with Crippen molar-refractivity contribution in [1.29, 1.82) is 0 Å². The van der Waals surface area contributed by atoms with E-state index in [9.17, 15) is 0 Å². The van der Waals surface area contributed by atoms with Crippen LogP contribution in [0.25, 0.3) is 0 Å². The van der Waals surface area contributed by atoms with Gasteiger partial charge in [0.1, 0.15) is 5.75 Å². The lowest BCUT2D eigenvalue weighted by molar-refractivity contribution is 0.339. The molecule has 0 aliphatic heterocycles. The van der Waals surface area contributed by atoms with Gasteiger partial charge in [0.15, 0.2) is 0 Å². The number of nitrogens with zero attached hydrogens (tertiary/aromatic N) is 2. The van der Waals surface area contributed by atoms with Crippen LogP contribution >= 0.6 is 15.9 Å². The molecule has 1 aromatic heterocycles. The molecule has 1 unspecified atom stereocenters. The topological polar surface area (TPSA) is 39.1 Å². The van der Waals surface area contributed by atoms with E-state index in [0.29, 0.717) is 6.61 Å². The van der Waals surface area contributed by atoms with Crippen LogP contribution in [0.2, 0.25) is 0 Å². The fraction of sp³-hybridized carbons (Fsp3) is 0.400. The summed E-state index contributed by atoms with van der Waals surface area (Å²) in [5.74, 6) is 0.893. The van der Waals surface area contributed by atoms with E-state index in [2.05, 4.69) is 45.4 Å². The minimum Gasteiger partial charge on any atom is -0.494 e. The van der Waals surface area contributed by atoms with E-state index in [4.69, 9.17) is 4.74 Å². The van der Waals surface area contributed by atoms with E-state index >= 15 is 0 Å². The largest absolute Gasteiger partial charge is 0.494 e. The lowest BCUT2D eigenvalue weighted by atomic mass is 10.0. The van der Waals surface area contributed by atoms with Gasteiger partial charge < -0.3 is 10.1 Å². The van der Waals surface area contributed by atoms with Crippen molar-refractivity contribution < 1.29 is 4.74 Å². The normalized spacial score (nSPS) is 12.4. The molecule has 0 aliphatic carbocycles. The number of benzene rings is 1. The van der Waals surface area contributed by atoms with Crippen molar-refractivity contribution >= 4 is 15.9 Å². The number of aryl methyl sites for hydroxylation is 1. The lowest BCUT2D eigenvalue weighted by Crippen LogP contribution is -2.22. The predicted molar refractivity (Wildman–Crippen MR) is 84.1 cm³/mol. The van der Waals surface area contributed by atoms with Crippen LogP contribution in [0.5, 0.6) is 5.75 Å². The monoisotopic (exact) mass is 337 g/mol. The molecule has 0 amide bonds. The smallest absolute Gasteiger partial charge is 0.119 e. The fourth-order valence-corrected chi connectivity index (χ4v) is 2.85. The Morgan fingerprint density at radius 1 is 1.40 bits per heavy atom. The number of hydrogen-bond donors (Lipinski definition) is 1. The second-order valence-electron chi connectivity index (χ2n) is 4.42. The Labute approximate surface area is 128 Å². The molecule has 2 rings (SSSR count). The summed E-state index contributed by atoms with van der Waals surface area (Å²) >= 11 is 3.59. The quantitative estimate of drug-likeness (QED) is 0.878. The molecule has 5 heteroatoms. The van der Waals surface area contributed by atoms with Gasteiger partial charge in [-0.15, -0.1) is 0 Å². The molecule has 4 nitrogen and oxygen atoms in total. The average molecular weight is 338 g/mol. The fourth-order valence-electron chi connectivity index (χ4n) is 2.32. The third-order valence-electron chi connectivity index (χ3n) is 3.20. The molecule has 20 heavy (non-hydrogen) atoms. The van der Waals surface area contributed by atoms with Crippen molar-refractivity contribution in [2.24, 2.45) is 0 Å². The van der Waals surface area contributed by atoms with Gasteiger partial charge in [0, 0.05) is 6.54 Å². The van der Waals surface area contributed by atoms with E-state index in [1.165, 1.54) is 0 Å². The van der Waals surface area contributed by atoms with E-state index in [-0.39, 0.29) is 6.04 Å². The molecule has 0 aliphatic rings. The summed E-state index contributed by atoms with van der Waals surface area (Å²) in [6.45, 7) is 5.59. The Morgan fingerprint density at radius 3 is 2.85 bits per heavy atom. The standard InChI is InChI=1S/C15H20BrN3O/c1-4-19-15(13(16)10-18-19)14(17-3)11-7-6-8-12(9-11)20-5-2/h6-10,14,17H,4-5H2,1-3H3. The summed E-state index contributed by atoms with van der Waals surface area (Å²) in [6, 6.07) is 8.25. The molecule has 1 atom stereocenters. The lowest BCUT2D eigenvalue weighted by Gasteiger charge is -2.19. The van der Waals surface area contributed by atoms with Crippen molar-refractivity contribution in [3.63, 3.8) is 0 Å². The number of halogens is 1. The number of nitrogens with one attached hydrogen (secondary N) is 1. The minimum atomic E-state index is 0.0761. The van der Waals surface area contributed by atoms with Gasteiger partial charge in [-0.3, -0.25) is 4.68 Å². The predicted octanol–water partition coefficient (Wildman–Crippen LogP) is 3.37. The Morgan fingerprint density at radius 2 is 2.20 bits per heavy atom. The van der Waals surface area contributed by atoms with E-state index < -0.39 is 0 Å². The van der Waals surface area contributed by atoms with Crippen LogP contribution in [-0.2, 0) is 6.54 Å². The first-order valence-corrected chi connectivity index (χ1v) is 7.61. The zero-order chi connectivity index (χ0) is 14.5. The third-order valence-corrected chi connectivity index (χ3v) is 3.81. The molecular weight excluding hydrogens is 318 g/mol. The SMILES string of the molecule is CCOc1cccc(C(NC)c2c(Br)cnn2CC)c1. The van der Waals surface area contributed by atoms with Gasteiger partial charge in [0.25, 0.3) is 0 Å². The Balaban J connectivity index is 2.41. The molecule has 1 heterocycles. The molecule has 0 spiro atoms. The van der Waals surface area contributed by atoms with Crippen molar-refractivity contribution in [1.82, 2.24) is 15.1 Å². The van der Waals surface area contributed by atoms with E-state index in [1.807, 2.05) is 37.0 Å². The number of aromatic nitrogens is 2. The van der Waals surface area contributed by atoms with Gasteiger partial charge >= 0.3 is 0 Å². The highest BCUT2D eigenvalue weighted by Crippen LogP contribution is 2.30. The third kappa shape index (κ3) is 3.04. The van der Waals surface area contributed by atoms with Crippen molar-refractivity contribution in [2.75, 3.05) is 13.7 Å². The molecule has 0 saturated carbocycles. The van der Waals surface area contributed by atoms with Gasteiger partial charge in [-0.05, 0) is 54.5 Å². The van der Waals surface area contributed by atoms with Gasteiger partial charge in [0.2, 0.25) is 0 Å². The first-order chi connectivity index (χ1) is 9.71. The van der Waals surface area contributed by atoms with Crippen LogP contribution in [0.1, 0.15) is 31.1 Å². The Bertz CT molecular complexity index is 568. The van der Waals surface area contributed by atoms with Gasteiger partial charge in [-0.25, -0.2) is 0 Å². The molecule has 1 N–H and O–H groups in total. The highest BCUT2D eigenvalue weighted by molar-refractivity contribution is 9.10. The van der Waals surface area contributed by atoms with Crippen LogP contribution in [0.15, 0.2) is 34.9 Å². The maximum absolute atomic E-state index is 5.58. The molecular formula is C15H20BrN3O. The van der Waals surface area contributed by atoms with Crippen LogP contribution in [-0.4, -0.2) is 23.4 Å². The first-order valence-electron chi connectivity index (χ1n) is 6.82. The summed E-state index contributed by atoms with van der Waals surface area (Å²) in [6.07, 6.45) is 1.84. The van der Waals surface area contributed by atoms with Crippen molar-refractivity contribution in [2.45, 2.75) is 26.4 Å². The second-order valence-corrected chi connectivity index (χ2v) is 5.28. The molecule has 0 saturated heterocycles. The zero-order valence-corrected chi connectivity index (χ0v) is 13.6. The molecule has 0 radical (unpaired) electrons. The molecule has 108 valence electrons. The zero-order valence-electron chi connectivity index (χ0n) is 12.1. The maximum atomic E-state index is 5.58. The average Bonchev–Trinajstić information content (AvgIpc) is 2.82. The number of rotatable bonds is 6. The summed E-state index contributed by atoms with van der Waals surface area (Å²) in [5.41, 5.74) is 2.29. The second kappa shape index (κ2) is 6.90. The van der Waals surface area contributed by atoms with Gasteiger partial charge in [-0.2, -0.15) is 5.10 Å². The highest BCUT2D eigenvalue weighted by Gasteiger charge is 2.20. The van der Waals surface area contributed by atoms with Crippen molar-refractivity contribution in [3.05, 3.63) is 46.2 Å². The summed E-state index contributed by atoms with van der Waals surface area (Å²) in [7, 11) is 1.96. The number of ether oxygens (including phenoxy) is 1. The Kier molecular flexibility index (Phi) is 5.20. The maximum Gasteiger partial charge on any atom is 0.119 e. The molecule has 0 fully saturated rings. The van der Waals surface area contributed by atoms with Gasteiger partial charge in [0.05, 0.1) is 29.0 Å². The Hall–Kier alpha value is -1.33. The van der Waals surface area contributed by atoms with E-state index in [1.54, 1.807) is 0 Å². The van der Waals surface area contributed by atoms with Crippen LogP contribution in [0.4, 0.5) is 0 Å². The summed E-state index contributed by atoms with van der Waals surface area (Å²) in [5, 5.41) is 7.75. The van der Waals surface area contributed by atoms with E-state index in [0.717, 1.165) is 28.0 Å². The summed E-state index contributed by atoms with van der Waals surface area (Å²) < 4.78 is 8.60. The van der Waals surface area contributed by atoms with Gasteiger partial charge in [-0.1, -0.05) is 12.1 Å². The van der Waals surface area contributed by atoms with Crippen LogP contribution in [0.3, 0.4) is 0 Å². The molecule has 1 aromatic carbocycles. The first kappa shape index (κ1) is 15.1. The van der Waals surface area contributed by atoms with Crippen molar-refractivity contribution in [3.8, 4) is 5.75 Å². The number of hydrogen-bond acceptors (Lipinski definition) is 3. The van der Waals surface area contributed by atoms with Crippen LogP contribution < -0.4 is 10.1 Å². The summed E-state index contributed by atoms with van der Waals surface area (Å²) in [4.78, 5) is 0. The highest BCUT2D eigenvalue weighted by atomic mass is 79.9. The minimum absolute atomic E-state index is 0.0761. The molecule has 0 bridgehead atoms. The molecule has 2 aromatic rings.